The topological polar surface area (TPSA) is 91.6 Å². The molecule has 8 heteroatoms. The summed E-state index contributed by atoms with van der Waals surface area (Å²) in [5.41, 5.74) is 1.30. The molecule has 1 N–H and O–H groups in total. The van der Waals surface area contributed by atoms with Gasteiger partial charge in [-0.05, 0) is 50.2 Å². The van der Waals surface area contributed by atoms with E-state index in [2.05, 4.69) is 5.32 Å². The van der Waals surface area contributed by atoms with Crippen molar-refractivity contribution in [2.75, 3.05) is 12.4 Å². The van der Waals surface area contributed by atoms with Crippen LogP contribution in [-0.4, -0.2) is 34.5 Å². The molecule has 0 saturated heterocycles. The zero-order chi connectivity index (χ0) is 21.8. The molecule has 30 heavy (non-hydrogen) atoms. The SMILES string of the molecule is COc1ccc(C(=O)O[C@@H](C)C(=O)Nc2c(C)n(C)n(-c3ccccc3)c2=O)cc1. The van der Waals surface area contributed by atoms with Crippen molar-refractivity contribution in [3.63, 3.8) is 0 Å². The first-order valence-corrected chi connectivity index (χ1v) is 9.33. The van der Waals surface area contributed by atoms with Crippen molar-refractivity contribution in [3.8, 4) is 11.4 Å². The number of nitrogens with zero attached hydrogens (tertiary/aromatic N) is 2. The number of para-hydroxylation sites is 1. The molecule has 8 nitrogen and oxygen atoms in total. The van der Waals surface area contributed by atoms with Gasteiger partial charge in [0.1, 0.15) is 11.4 Å². The molecule has 3 aromatic rings. The minimum atomic E-state index is -1.09. The second kappa shape index (κ2) is 8.69. The highest BCUT2D eigenvalue weighted by atomic mass is 16.5. The highest BCUT2D eigenvalue weighted by molar-refractivity contribution is 5.97. The molecule has 1 heterocycles. The van der Waals surface area contributed by atoms with Crippen LogP contribution in [0.5, 0.6) is 5.75 Å². The molecule has 0 aliphatic carbocycles. The molecule has 0 radical (unpaired) electrons. The van der Waals surface area contributed by atoms with E-state index >= 15 is 0 Å². The summed E-state index contributed by atoms with van der Waals surface area (Å²) in [6, 6.07) is 15.4. The summed E-state index contributed by atoms with van der Waals surface area (Å²) in [5.74, 6) is -0.638. The van der Waals surface area contributed by atoms with Crippen LogP contribution in [-0.2, 0) is 16.6 Å². The Morgan fingerprint density at radius 3 is 2.27 bits per heavy atom. The van der Waals surface area contributed by atoms with Crippen LogP contribution in [0.2, 0.25) is 0 Å². The summed E-state index contributed by atoms with van der Waals surface area (Å²) in [7, 11) is 3.25. The molecule has 3 rings (SSSR count). The molecular weight excluding hydrogens is 386 g/mol. The van der Waals surface area contributed by atoms with Crippen LogP contribution in [0.1, 0.15) is 23.0 Å². The number of ether oxygens (including phenoxy) is 2. The number of methoxy groups -OCH3 is 1. The summed E-state index contributed by atoms with van der Waals surface area (Å²) in [4.78, 5) is 37.7. The van der Waals surface area contributed by atoms with Crippen molar-refractivity contribution < 1.29 is 19.1 Å². The lowest BCUT2D eigenvalue weighted by Gasteiger charge is -2.13. The van der Waals surface area contributed by atoms with Gasteiger partial charge in [-0.1, -0.05) is 18.2 Å². The van der Waals surface area contributed by atoms with Crippen molar-refractivity contribution >= 4 is 17.6 Å². The fourth-order valence-electron chi connectivity index (χ4n) is 2.95. The molecule has 0 aliphatic heterocycles. The number of rotatable bonds is 6. The first-order valence-electron chi connectivity index (χ1n) is 9.33. The largest absolute Gasteiger partial charge is 0.497 e. The molecule has 0 aliphatic rings. The Bertz CT molecular complexity index is 1110. The predicted molar refractivity (Wildman–Crippen MR) is 112 cm³/mol. The predicted octanol–water partition coefficient (Wildman–Crippen LogP) is 2.68. The van der Waals surface area contributed by atoms with Crippen molar-refractivity contribution in [2.45, 2.75) is 20.0 Å². The minimum absolute atomic E-state index is 0.138. The van der Waals surface area contributed by atoms with Gasteiger partial charge in [-0.2, -0.15) is 0 Å². The highest BCUT2D eigenvalue weighted by Crippen LogP contribution is 2.16. The smallest absolute Gasteiger partial charge is 0.338 e. The summed E-state index contributed by atoms with van der Waals surface area (Å²) >= 11 is 0. The third kappa shape index (κ3) is 4.12. The summed E-state index contributed by atoms with van der Waals surface area (Å²) < 4.78 is 13.4. The number of nitrogens with one attached hydrogen (secondary N) is 1. The molecule has 0 spiro atoms. The van der Waals surface area contributed by atoms with Gasteiger partial charge in [0.2, 0.25) is 0 Å². The lowest BCUT2D eigenvalue weighted by molar-refractivity contribution is -0.123. The van der Waals surface area contributed by atoms with Crippen LogP contribution in [0.4, 0.5) is 5.69 Å². The summed E-state index contributed by atoms with van der Waals surface area (Å²) in [5, 5.41) is 2.59. The molecule has 0 saturated carbocycles. The Labute approximate surface area is 173 Å². The Balaban J connectivity index is 1.75. The van der Waals surface area contributed by atoms with Crippen LogP contribution >= 0.6 is 0 Å². The normalized spacial score (nSPS) is 11.6. The number of anilines is 1. The van der Waals surface area contributed by atoms with Crippen LogP contribution in [0, 0.1) is 6.92 Å². The zero-order valence-electron chi connectivity index (χ0n) is 17.2. The number of aromatic nitrogens is 2. The van der Waals surface area contributed by atoms with E-state index in [4.69, 9.17) is 9.47 Å². The number of amides is 1. The van der Waals surface area contributed by atoms with E-state index in [9.17, 15) is 14.4 Å². The third-order valence-electron chi connectivity index (χ3n) is 4.78. The van der Waals surface area contributed by atoms with Crippen LogP contribution in [0.15, 0.2) is 59.4 Å². The Morgan fingerprint density at radius 2 is 1.67 bits per heavy atom. The van der Waals surface area contributed by atoms with Crippen molar-refractivity contribution in [2.24, 2.45) is 7.05 Å². The number of benzene rings is 2. The fourth-order valence-corrected chi connectivity index (χ4v) is 2.95. The lowest BCUT2D eigenvalue weighted by atomic mass is 10.2. The summed E-state index contributed by atoms with van der Waals surface area (Å²) in [6.07, 6.45) is -1.09. The van der Waals surface area contributed by atoms with Crippen molar-refractivity contribution in [1.29, 1.82) is 0 Å². The summed E-state index contributed by atoms with van der Waals surface area (Å²) in [6.45, 7) is 3.18. The fraction of sp³-hybridized carbons (Fsp3) is 0.227. The van der Waals surface area contributed by atoms with E-state index in [0.29, 0.717) is 17.1 Å². The van der Waals surface area contributed by atoms with Crippen LogP contribution < -0.4 is 15.6 Å². The standard InChI is InChI=1S/C22H23N3O5/c1-14-19(21(27)25(24(14)3)17-8-6-5-7-9-17)23-20(26)15(2)30-22(28)16-10-12-18(29-4)13-11-16/h5-13,15H,1-4H3,(H,23,26)/t15-/m0/s1. The molecule has 0 fully saturated rings. The van der Waals surface area contributed by atoms with E-state index in [1.165, 1.54) is 18.7 Å². The lowest BCUT2D eigenvalue weighted by Crippen LogP contribution is -2.32. The second-order valence-electron chi connectivity index (χ2n) is 6.70. The Morgan fingerprint density at radius 1 is 1.03 bits per heavy atom. The van der Waals surface area contributed by atoms with Gasteiger partial charge in [0, 0.05) is 7.05 Å². The van der Waals surface area contributed by atoms with E-state index in [0.717, 1.165) is 0 Å². The number of hydrogen-bond acceptors (Lipinski definition) is 5. The van der Waals surface area contributed by atoms with Gasteiger partial charge in [-0.25, -0.2) is 9.48 Å². The molecule has 0 unspecified atom stereocenters. The van der Waals surface area contributed by atoms with Gasteiger partial charge in [0.15, 0.2) is 6.10 Å². The third-order valence-corrected chi connectivity index (χ3v) is 4.78. The molecule has 1 amide bonds. The Kier molecular flexibility index (Phi) is 6.06. The molecule has 0 bridgehead atoms. The van der Waals surface area contributed by atoms with E-state index in [-0.39, 0.29) is 16.8 Å². The van der Waals surface area contributed by atoms with Crippen LogP contribution in [0.25, 0.3) is 5.69 Å². The highest BCUT2D eigenvalue weighted by Gasteiger charge is 2.23. The second-order valence-corrected chi connectivity index (χ2v) is 6.70. The zero-order valence-corrected chi connectivity index (χ0v) is 17.2. The average molecular weight is 409 g/mol. The molecule has 1 aromatic heterocycles. The van der Waals surface area contributed by atoms with Gasteiger partial charge < -0.3 is 14.8 Å². The Hall–Kier alpha value is -3.81. The van der Waals surface area contributed by atoms with E-state index < -0.39 is 18.0 Å². The van der Waals surface area contributed by atoms with E-state index in [1.54, 1.807) is 55.1 Å². The van der Waals surface area contributed by atoms with Crippen molar-refractivity contribution in [3.05, 3.63) is 76.2 Å². The monoisotopic (exact) mass is 409 g/mol. The maximum Gasteiger partial charge on any atom is 0.338 e. The molecular formula is C22H23N3O5. The quantitative estimate of drug-likeness (QED) is 0.632. The number of hydrogen-bond donors (Lipinski definition) is 1. The van der Waals surface area contributed by atoms with Crippen molar-refractivity contribution in [1.82, 2.24) is 9.36 Å². The molecule has 2 aromatic carbocycles. The maximum absolute atomic E-state index is 12.9. The maximum atomic E-state index is 12.9. The van der Waals surface area contributed by atoms with Crippen LogP contribution in [0.3, 0.4) is 0 Å². The van der Waals surface area contributed by atoms with Gasteiger partial charge in [0.25, 0.3) is 11.5 Å². The van der Waals surface area contributed by atoms with Gasteiger partial charge in [-0.15, -0.1) is 0 Å². The molecule has 156 valence electrons. The first kappa shape index (κ1) is 20.9. The first-order chi connectivity index (χ1) is 14.3. The molecule has 1 atom stereocenters. The number of carbonyl (C=O) groups is 2. The minimum Gasteiger partial charge on any atom is -0.497 e. The number of esters is 1. The van der Waals surface area contributed by atoms with Gasteiger partial charge in [-0.3, -0.25) is 14.3 Å². The van der Waals surface area contributed by atoms with Gasteiger partial charge >= 0.3 is 5.97 Å². The van der Waals surface area contributed by atoms with E-state index in [1.807, 2.05) is 18.2 Å². The average Bonchev–Trinajstić information content (AvgIpc) is 2.97. The number of carbonyl (C=O) groups excluding carboxylic acids is 2. The van der Waals surface area contributed by atoms with Gasteiger partial charge in [0.05, 0.1) is 24.1 Å².